The number of carbonyl (C=O) groups is 1. The summed E-state index contributed by atoms with van der Waals surface area (Å²) in [6, 6.07) is 0.392. The van der Waals surface area contributed by atoms with Crippen LogP contribution in [0, 0.1) is 12.8 Å². The van der Waals surface area contributed by atoms with Gasteiger partial charge in [0.1, 0.15) is 5.82 Å². The number of aryl methyl sites for hydroxylation is 1. The van der Waals surface area contributed by atoms with Gasteiger partial charge in [-0.1, -0.05) is 6.42 Å². The minimum atomic E-state index is 0.308. The molecule has 1 unspecified atom stereocenters. The fourth-order valence-corrected chi connectivity index (χ4v) is 4.48. The number of ether oxygens (including phenoxy) is 1. The lowest BCUT2D eigenvalue weighted by atomic mass is 9.84. The summed E-state index contributed by atoms with van der Waals surface area (Å²) in [5.74, 6) is 2.43. The van der Waals surface area contributed by atoms with Crippen molar-refractivity contribution in [1.82, 2.24) is 14.5 Å². The summed E-state index contributed by atoms with van der Waals surface area (Å²) in [6.45, 7) is 5.64. The van der Waals surface area contributed by atoms with Gasteiger partial charge in [-0.15, -0.1) is 0 Å². The van der Waals surface area contributed by atoms with Crippen LogP contribution in [-0.4, -0.2) is 46.7 Å². The summed E-state index contributed by atoms with van der Waals surface area (Å²) in [4.78, 5) is 19.5. The van der Waals surface area contributed by atoms with Gasteiger partial charge in [-0.3, -0.25) is 4.79 Å². The van der Waals surface area contributed by atoms with E-state index in [4.69, 9.17) is 9.72 Å². The van der Waals surface area contributed by atoms with Crippen molar-refractivity contribution in [2.75, 3.05) is 26.3 Å². The van der Waals surface area contributed by atoms with Crippen LogP contribution in [0.4, 0.5) is 0 Å². The molecule has 1 saturated carbocycles. The maximum atomic E-state index is 12.7. The van der Waals surface area contributed by atoms with Crippen LogP contribution >= 0.6 is 0 Å². The van der Waals surface area contributed by atoms with Crippen LogP contribution in [0.2, 0.25) is 0 Å². The number of hydrogen-bond donors (Lipinski definition) is 0. The Morgan fingerprint density at radius 3 is 2.67 bits per heavy atom. The van der Waals surface area contributed by atoms with Crippen LogP contribution in [0.25, 0.3) is 0 Å². The number of hydrogen-bond acceptors (Lipinski definition) is 3. The third-order valence-electron chi connectivity index (χ3n) is 6.12. The molecule has 1 amide bonds. The van der Waals surface area contributed by atoms with Gasteiger partial charge < -0.3 is 14.2 Å². The van der Waals surface area contributed by atoms with E-state index in [1.165, 1.54) is 17.9 Å². The van der Waals surface area contributed by atoms with Gasteiger partial charge in [0.25, 0.3) is 0 Å². The van der Waals surface area contributed by atoms with Crippen molar-refractivity contribution in [3.63, 3.8) is 0 Å². The molecule has 1 atom stereocenters. The van der Waals surface area contributed by atoms with E-state index in [2.05, 4.69) is 16.4 Å². The number of piperidine rings is 1. The van der Waals surface area contributed by atoms with Crippen molar-refractivity contribution in [2.45, 2.75) is 63.8 Å². The number of carbonyl (C=O) groups excluding carboxylic acids is 1. The third kappa shape index (κ3) is 2.99. The molecule has 5 nitrogen and oxygen atoms in total. The molecule has 2 saturated heterocycles. The molecule has 0 spiro atoms. The van der Waals surface area contributed by atoms with Crippen molar-refractivity contribution in [2.24, 2.45) is 5.92 Å². The Kier molecular flexibility index (Phi) is 4.61. The molecule has 0 bridgehead atoms. The molecule has 3 heterocycles. The number of imidazole rings is 1. The van der Waals surface area contributed by atoms with Gasteiger partial charge in [0.15, 0.2) is 0 Å². The summed E-state index contributed by atoms with van der Waals surface area (Å²) >= 11 is 0. The van der Waals surface area contributed by atoms with E-state index < -0.39 is 0 Å². The first-order chi connectivity index (χ1) is 11.7. The highest BCUT2D eigenvalue weighted by Gasteiger charge is 2.34. The third-order valence-corrected chi connectivity index (χ3v) is 6.12. The Morgan fingerprint density at radius 2 is 1.96 bits per heavy atom. The van der Waals surface area contributed by atoms with Gasteiger partial charge in [-0.2, -0.15) is 0 Å². The minimum Gasteiger partial charge on any atom is -0.381 e. The number of nitrogens with zero attached hydrogens (tertiary/aromatic N) is 3. The van der Waals surface area contributed by atoms with Gasteiger partial charge in [-0.25, -0.2) is 4.98 Å². The lowest BCUT2D eigenvalue weighted by molar-refractivity contribution is -0.139. The van der Waals surface area contributed by atoms with E-state index >= 15 is 0 Å². The topological polar surface area (TPSA) is 47.4 Å². The number of amides is 1. The molecule has 5 heteroatoms. The molecule has 3 fully saturated rings. The Morgan fingerprint density at radius 1 is 1.17 bits per heavy atom. The molecular weight excluding hydrogens is 302 g/mol. The van der Waals surface area contributed by atoms with E-state index in [1.807, 2.05) is 6.20 Å². The molecule has 1 aliphatic carbocycles. The normalized spacial score (nSPS) is 26.4. The Hall–Kier alpha value is -1.36. The Labute approximate surface area is 144 Å². The zero-order valence-corrected chi connectivity index (χ0v) is 14.7. The average Bonchev–Trinajstić information content (AvgIpc) is 2.96. The van der Waals surface area contributed by atoms with Crippen LogP contribution in [0.15, 0.2) is 6.20 Å². The van der Waals surface area contributed by atoms with Crippen LogP contribution in [-0.2, 0) is 9.53 Å². The van der Waals surface area contributed by atoms with Crippen molar-refractivity contribution >= 4 is 5.91 Å². The lowest BCUT2D eigenvalue weighted by Gasteiger charge is -2.39. The Bertz CT molecular complexity index is 587. The zero-order valence-electron chi connectivity index (χ0n) is 14.7. The molecule has 2 aliphatic heterocycles. The monoisotopic (exact) mass is 331 g/mol. The van der Waals surface area contributed by atoms with E-state index in [0.717, 1.165) is 64.8 Å². The number of likely N-dealkylation sites (tertiary alicyclic amines) is 1. The minimum absolute atomic E-state index is 0.308. The SMILES string of the molecule is Cc1cnc(C2CCOCC2)n1C1CCCN(C(=O)C2CCC2)C1. The highest BCUT2D eigenvalue weighted by atomic mass is 16.5. The van der Waals surface area contributed by atoms with E-state index in [9.17, 15) is 4.79 Å². The van der Waals surface area contributed by atoms with Gasteiger partial charge in [0, 0.05) is 50.0 Å². The molecule has 132 valence electrons. The molecule has 0 radical (unpaired) electrons. The highest BCUT2D eigenvalue weighted by Crippen LogP contribution is 2.34. The van der Waals surface area contributed by atoms with Crippen LogP contribution in [0.3, 0.4) is 0 Å². The number of aromatic nitrogens is 2. The summed E-state index contributed by atoms with van der Waals surface area (Å²) < 4.78 is 7.96. The maximum absolute atomic E-state index is 12.7. The van der Waals surface area contributed by atoms with Crippen LogP contribution in [0.1, 0.15) is 68.4 Å². The van der Waals surface area contributed by atoms with Crippen molar-refractivity contribution in [3.05, 3.63) is 17.7 Å². The van der Waals surface area contributed by atoms with Crippen molar-refractivity contribution in [3.8, 4) is 0 Å². The van der Waals surface area contributed by atoms with Crippen molar-refractivity contribution in [1.29, 1.82) is 0 Å². The summed E-state index contributed by atoms with van der Waals surface area (Å²) in [7, 11) is 0. The van der Waals surface area contributed by atoms with E-state index in [-0.39, 0.29) is 0 Å². The predicted molar refractivity (Wildman–Crippen MR) is 92.0 cm³/mol. The standard InChI is InChI=1S/C19H29N3O2/c1-14-12-20-18(15-7-10-24-11-8-15)22(14)17-6-3-9-21(13-17)19(23)16-4-2-5-16/h12,15-17H,2-11,13H2,1H3. The summed E-state index contributed by atoms with van der Waals surface area (Å²) in [5.41, 5.74) is 1.24. The van der Waals surface area contributed by atoms with Gasteiger partial charge >= 0.3 is 0 Å². The van der Waals surface area contributed by atoms with Gasteiger partial charge in [0.2, 0.25) is 5.91 Å². The first-order valence-corrected chi connectivity index (χ1v) is 9.64. The van der Waals surface area contributed by atoms with E-state index in [0.29, 0.717) is 23.8 Å². The molecule has 0 N–H and O–H groups in total. The first kappa shape index (κ1) is 16.1. The molecule has 24 heavy (non-hydrogen) atoms. The second kappa shape index (κ2) is 6.87. The molecule has 1 aromatic heterocycles. The largest absolute Gasteiger partial charge is 0.381 e. The van der Waals surface area contributed by atoms with E-state index in [1.54, 1.807) is 0 Å². The Balaban J connectivity index is 1.52. The molecule has 3 aliphatic rings. The second-order valence-corrected chi connectivity index (χ2v) is 7.72. The fourth-order valence-electron chi connectivity index (χ4n) is 4.48. The summed E-state index contributed by atoms with van der Waals surface area (Å²) in [6.07, 6.45) is 9.81. The molecule has 4 rings (SSSR count). The smallest absolute Gasteiger partial charge is 0.225 e. The lowest BCUT2D eigenvalue weighted by Crippen LogP contribution is -2.45. The maximum Gasteiger partial charge on any atom is 0.225 e. The van der Waals surface area contributed by atoms with Gasteiger partial charge in [-0.05, 0) is 45.4 Å². The number of rotatable bonds is 3. The molecular formula is C19H29N3O2. The zero-order chi connectivity index (χ0) is 16.5. The van der Waals surface area contributed by atoms with Crippen LogP contribution < -0.4 is 0 Å². The van der Waals surface area contributed by atoms with Crippen molar-refractivity contribution < 1.29 is 9.53 Å². The van der Waals surface area contributed by atoms with Gasteiger partial charge in [0.05, 0.1) is 6.04 Å². The first-order valence-electron chi connectivity index (χ1n) is 9.64. The highest BCUT2D eigenvalue weighted by molar-refractivity contribution is 5.79. The predicted octanol–water partition coefficient (Wildman–Crippen LogP) is 3.05. The molecule has 1 aromatic rings. The average molecular weight is 331 g/mol. The second-order valence-electron chi connectivity index (χ2n) is 7.72. The molecule has 0 aromatic carbocycles. The van der Waals surface area contributed by atoms with Crippen LogP contribution in [0.5, 0.6) is 0 Å². The fraction of sp³-hybridized carbons (Fsp3) is 0.789. The summed E-state index contributed by atoms with van der Waals surface area (Å²) in [5, 5.41) is 0. The quantitative estimate of drug-likeness (QED) is 0.855.